The Morgan fingerprint density at radius 2 is 2.07 bits per heavy atom. The first kappa shape index (κ1) is 12.0. The molecular formula is C11H20ClNO. The summed E-state index contributed by atoms with van der Waals surface area (Å²) in [6, 6.07) is 0.408. The molecule has 82 valence electrons. The highest BCUT2D eigenvalue weighted by atomic mass is 35.5. The van der Waals surface area contributed by atoms with Crippen molar-refractivity contribution in [2.75, 3.05) is 6.54 Å². The van der Waals surface area contributed by atoms with Gasteiger partial charge in [0.05, 0.1) is 6.04 Å². The van der Waals surface area contributed by atoms with E-state index in [0.29, 0.717) is 12.0 Å². The maximum atomic E-state index is 11.4. The first-order valence-corrected chi connectivity index (χ1v) is 5.87. The summed E-state index contributed by atoms with van der Waals surface area (Å²) in [4.78, 5) is 13.6. The minimum Gasteiger partial charge on any atom is -0.290 e. The van der Waals surface area contributed by atoms with Crippen molar-refractivity contribution in [2.24, 2.45) is 5.92 Å². The smallest absolute Gasteiger partial charge is 0.239 e. The standard InChI is InChI=1S/C11H20ClNO/c1-8(2)10(11(12)14)13-7-5-4-6-9(13)3/h8-10H,4-7H2,1-3H3. The van der Waals surface area contributed by atoms with Gasteiger partial charge in [-0.05, 0) is 43.8 Å². The highest BCUT2D eigenvalue weighted by Crippen LogP contribution is 2.24. The van der Waals surface area contributed by atoms with Crippen LogP contribution in [0.15, 0.2) is 0 Å². The van der Waals surface area contributed by atoms with Crippen LogP contribution in [0.2, 0.25) is 0 Å². The molecule has 2 nitrogen and oxygen atoms in total. The van der Waals surface area contributed by atoms with Crippen LogP contribution in [-0.2, 0) is 4.79 Å². The normalized spacial score (nSPS) is 26.5. The van der Waals surface area contributed by atoms with E-state index in [9.17, 15) is 4.79 Å². The topological polar surface area (TPSA) is 20.3 Å². The number of likely N-dealkylation sites (tertiary alicyclic amines) is 1. The number of nitrogens with zero attached hydrogens (tertiary/aromatic N) is 1. The Bertz CT molecular complexity index is 205. The predicted molar refractivity (Wildman–Crippen MR) is 59.5 cm³/mol. The number of hydrogen-bond acceptors (Lipinski definition) is 2. The summed E-state index contributed by atoms with van der Waals surface area (Å²) in [6.07, 6.45) is 3.66. The van der Waals surface area contributed by atoms with Crippen molar-refractivity contribution in [1.29, 1.82) is 0 Å². The lowest BCUT2D eigenvalue weighted by Gasteiger charge is -2.39. The molecule has 0 radical (unpaired) electrons. The molecule has 0 bridgehead atoms. The monoisotopic (exact) mass is 217 g/mol. The van der Waals surface area contributed by atoms with E-state index in [1.807, 2.05) is 0 Å². The lowest BCUT2D eigenvalue weighted by atomic mass is 9.96. The second-order valence-electron chi connectivity index (χ2n) is 4.58. The summed E-state index contributed by atoms with van der Waals surface area (Å²) in [5, 5.41) is -0.200. The summed E-state index contributed by atoms with van der Waals surface area (Å²) in [5.74, 6) is 0.306. The van der Waals surface area contributed by atoms with Crippen molar-refractivity contribution < 1.29 is 4.79 Å². The zero-order valence-corrected chi connectivity index (χ0v) is 10.0. The van der Waals surface area contributed by atoms with E-state index in [1.54, 1.807) is 0 Å². The Morgan fingerprint density at radius 3 is 2.50 bits per heavy atom. The van der Waals surface area contributed by atoms with E-state index in [4.69, 9.17) is 11.6 Å². The predicted octanol–water partition coefficient (Wildman–Crippen LogP) is 2.65. The second kappa shape index (κ2) is 5.13. The van der Waals surface area contributed by atoms with Gasteiger partial charge in [0, 0.05) is 6.04 Å². The molecule has 1 heterocycles. The molecule has 2 atom stereocenters. The molecule has 1 aliphatic heterocycles. The Hall–Kier alpha value is -0.0800. The molecule has 0 saturated carbocycles. The largest absolute Gasteiger partial charge is 0.290 e. The van der Waals surface area contributed by atoms with E-state index in [-0.39, 0.29) is 11.3 Å². The number of rotatable bonds is 3. The molecule has 2 unspecified atom stereocenters. The Balaban J connectivity index is 2.70. The van der Waals surface area contributed by atoms with E-state index in [1.165, 1.54) is 19.3 Å². The third kappa shape index (κ3) is 2.71. The molecule has 0 aromatic rings. The number of carbonyl (C=O) groups excluding carboxylic acids is 1. The van der Waals surface area contributed by atoms with Crippen molar-refractivity contribution in [3.8, 4) is 0 Å². The molecule has 1 aliphatic rings. The molecule has 1 saturated heterocycles. The van der Waals surface area contributed by atoms with E-state index in [2.05, 4.69) is 25.7 Å². The molecule has 1 rings (SSSR count). The average Bonchev–Trinajstić information content (AvgIpc) is 2.07. The first-order chi connectivity index (χ1) is 6.54. The molecule has 0 aromatic carbocycles. The van der Waals surface area contributed by atoms with Gasteiger partial charge in [-0.2, -0.15) is 0 Å². The number of halogens is 1. The van der Waals surface area contributed by atoms with Crippen LogP contribution >= 0.6 is 11.6 Å². The van der Waals surface area contributed by atoms with Crippen LogP contribution in [0.3, 0.4) is 0 Å². The van der Waals surface area contributed by atoms with Crippen molar-refractivity contribution in [3.05, 3.63) is 0 Å². The Morgan fingerprint density at radius 1 is 1.43 bits per heavy atom. The van der Waals surface area contributed by atoms with Crippen LogP contribution < -0.4 is 0 Å². The highest BCUT2D eigenvalue weighted by molar-refractivity contribution is 6.64. The van der Waals surface area contributed by atoms with Crippen molar-refractivity contribution in [2.45, 2.75) is 52.1 Å². The van der Waals surface area contributed by atoms with Crippen LogP contribution in [0.4, 0.5) is 0 Å². The van der Waals surface area contributed by atoms with Crippen LogP contribution in [0.1, 0.15) is 40.0 Å². The molecule has 0 N–H and O–H groups in total. The zero-order chi connectivity index (χ0) is 10.7. The second-order valence-corrected chi connectivity index (χ2v) is 4.95. The number of hydrogen-bond donors (Lipinski definition) is 0. The molecule has 0 spiro atoms. The van der Waals surface area contributed by atoms with Gasteiger partial charge >= 0.3 is 0 Å². The van der Waals surface area contributed by atoms with Crippen molar-refractivity contribution >= 4 is 16.8 Å². The fourth-order valence-corrected chi connectivity index (χ4v) is 2.69. The fourth-order valence-electron chi connectivity index (χ4n) is 2.31. The Labute approximate surface area is 91.6 Å². The van der Waals surface area contributed by atoms with E-state index < -0.39 is 0 Å². The van der Waals surface area contributed by atoms with Gasteiger partial charge in [0.2, 0.25) is 5.24 Å². The maximum absolute atomic E-state index is 11.4. The summed E-state index contributed by atoms with van der Waals surface area (Å²) in [7, 11) is 0. The number of piperidine rings is 1. The lowest BCUT2D eigenvalue weighted by Crippen LogP contribution is -2.50. The van der Waals surface area contributed by atoms with Crippen molar-refractivity contribution in [1.82, 2.24) is 4.90 Å². The summed E-state index contributed by atoms with van der Waals surface area (Å²) in [5.41, 5.74) is 0. The van der Waals surface area contributed by atoms with Gasteiger partial charge in [-0.15, -0.1) is 0 Å². The lowest BCUT2D eigenvalue weighted by molar-refractivity contribution is -0.119. The quantitative estimate of drug-likeness (QED) is 0.678. The maximum Gasteiger partial charge on any atom is 0.239 e. The third-order valence-corrected chi connectivity index (χ3v) is 3.30. The minimum atomic E-state index is -0.200. The van der Waals surface area contributed by atoms with Crippen LogP contribution in [0.25, 0.3) is 0 Å². The van der Waals surface area contributed by atoms with Gasteiger partial charge in [-0.1, -0.05) is 20.3 Å². The molecule has 3 heteroatoms. The molecular weight excluding hydrogens is 198 g/mol. The van der Waals surface area contributed by atoms with Gasteiger partial charge in [-0.3, -0.25) is 9.69 Å². The minimum absolute atomic E-state index is 0.0908. The van der Waals surface area contributed by atoms with E-state index >= 15 is 0 Å². The molecule has 0 aliphatic carbocycles. The summed E-state index contributed by atoms with van der Waals surface area (Å²) in [6.45, 7) is 7.33. The van der Waals surface area contributed by atoms with Gasteiger partial charge in [-0.25, -0.2) is 0 Å². The Kier molecular flexibility index (Phi) is 4.39. The van der Waals surface area contributed by atoms with Gasteiger partial charge in [0.1, 0.15) is 0 Å². The van der Waals surface area contributed by atoms with Gasteiger partial charge < -0.3 is 0 Å². The van der Waals surface area contributed by atoms with Gasteiger partial charge in [0.15, 0.2) is 0 Å². The average molecular weight is 218 g/mol. The third-order valence-electron chi connectivity index (χ3n) is 3.08. The molecule has 0 amide bonds. The van der Waals surface area contributed by atoms with Crippen LogP contribution in [0.5, 0.6) is 0 Å². The summed E-state index contributed by atoms with van der Waals surface area (Å²) >= 11 is 5.66. The van der Waals surface area contributed by atoms with E-state index in [0.717, 1.165) is 6.54 Å². The van der Waals surface area contributed by atoms with Crippen LogP contribution in [0, 0.1) is 5.92 Å². The fraction of sp³-hybridized carbons (Fsp3) is 0.909. The number of carbonyl (C=O) groups is 1. The summed E-state index contributed by atoms with van der Waals surface area (Å²) < 4.78 is 0. The zero-order valence-electron chi connectivity index (χ0n) is 9.29. The van der Waals surface area contributed by atoms with Gasteiger partial charge in [0.25, 0.3) is 0 Å². The van der Waals surface area contributed by atoms with Crippen LogP contribution in [-0.4, -0.2) is 28.8 Å². The molecule has 14 heavy (non-hydrogen) atoms. The van der Waals surface area contributed by atoms with Crippen molar-refractivity contribution in [3.63, 3.8) is 0 Å². The first-order valence-electron chi connectivity index (χ1n) is 5.49. The SMILES string of the molecule is CC(C)C(C(=O)Cl)N1CCCCC1C. The molecule has 1 fully saturated rings. The highest BCUT2D eigenvalue weighted by Gasteiger charge is 2.32. The molecule has 0 aromatic heterocycles.